The van der Waals surface area contributed by atoms with Gasteiger partial charge >= 0.3 is 5.97 Å². The number of nitrogens with two attached hydrogens (primary N) is 1. The molecule has 2 heterocycles. The maximum absolute atomic E-state index is 11.4. The first kappa shape index (κ1) is 12.0. The van der Waals surface area contributed by atoms with Crippen molar-refractivity contribution >= 4 is 11.9 Å². The average Bonchev–Trinajstić information content (AvgIpc) is 2.76. The lowest BCUT2D eigenvalue weighted by Gasteiger charge is -2.04. The third-order valence-electron chi connectivity index (χ3n) is 2.22. The Bertz CT molecular complexity index is 511. The number of pyridine rings is 1. The molecule has 0 atom stereocenters. The van der Waals surface area contributed by atoms with Gasteiger partial charge in [-0.3, -0.25) is 9.78 Å². The molecule has 18 heavy (non-hydrogen) atoms. The Kier molecular flexibility index (Phi) is 3.85. The van der Waals surface area contributed by atoms with Gasteiger partial charge < -0.3 is 10.5 Å². The molecule has 0 aliphatic heterocycles. The number of nitrogens with zero attached hydrogens (tertiary/aromatic N) is 4. The summed E-state index contributed by atoms with van der Waals surface area (Å²) in [4.78, 5) is 19.1. The van der Waals surface area contributed by atoms with Crippen LogP contribution in [0.15, 0.2) is 30.9 Å². The number of aromatic nitrogens is 4. The lowest BCUT2D eigenvalue weighted by Crippen LogP contribution is -2.15. The molecule has 0 radical (unpaired) electrons. The Morgan fingerprint density at radius 1 is 1.50 bits per heavy atom. The van der Waals surface area contributed by atoms with Crippen molar-refractivity contribution in [2.45, 2.75) is 13.0 Å². The average molecular weight is 247 g/mol. The van der Waals surface area contributed by atoms with Gasteiger partial charge in [0.15, 0.2) is 0 Å². The van der Waals surface area contributed by atoms with Crippen molar-refractivity contribution in [3.63, 3.8) is 0 Å². The Morgan fingerprint density at radius 3 is 3.06 bits per heavy atom. The van der Waals surface area contributed by atoms with Gasteiger partial charge in [0, 0.05) is 18.8 Å². The second-order valence-electron chi connectivity index (χ2n) is 3.63. The highest BCUT2D eigenvalue weighted by molar-refractivity contribution is 5.69. The topological polar surface area (TPSA) is 95.9 Å². The highest BCUT2D eigenvalue weighted by atomic mass is 16.5. The van der Waals surface area contributed by atoms with Crippen LogP contribution in [0.4, 0.5) is 5.95 Å². The number of esters is 1. The van der Waals surface area contributed by atoms with E-state index in [4.69, 9.17) is 10.5 Å². The summed E-state index contributed by atoms with van der Waals surface area (Å²) >= 11 is 0. The molecule has 0 bridgehead atoms. The highest BCUT2D eigenvalue weighted by Gasteiger charge is 2.05. The molecule has 0 spiro atoms. The van der Waals surface area contributed by atoms with Crippen LogP contribution in [0.1, 0.15) is 5.56 Å². The Hall–Kier alpha value is -2.44. The van der Waals surface area contributed by atoms with E-state index in [1.165, 1.54) is 11.0 Å². The van der Waals surface area contributed by atoms with Crippen molar-refractivity contribution < 1.29 is 9.53 Å². The number of anilines is 1. The predicted octanol–water partition coefficient (Wildman–Crippen LogP) is 0.0412. The summed E-state index contributed by atoms with van der Waals surface area (Å²) in [5.74, 6) is -0.234. The summed E-state index contributed by atoms with van der Waals surface area (Å²) in [5.41, 5.74) is 6.35. The summed E-state index contributed by atoms with van der Waals surface area (Å²) in [6.45, 7) is 0.325. The van der Waals surface area contributed by atoms with Gasteiger partial charge in [0.05, 0.1) is 6.61 Å². The minimum atomic E-state index is -0.371. The Balaban J connectivity index is 1.72. The van der Waals surface area contributed by atoms with Crippen LogP contribution >= 0.6 is 0 Å². The van der Waals surface area contributed by atoms with Crippen LogP contribution < -0.4 is 5.73 Å². The van der Waals surface area contributed by atoms with Gasteiger partial charge in [-0.15, -0.1) is 5.10 Å². The lowest BCUT2D eigenvalue weighted by molar-refractivity contribution is -0.144. The first-order chi connectivity index (χ1) is 8.74. The van der Waals surface area contributed by atoms with Gasteiger partial charge in [-0.2, -0.15) is 0 Å². The zero-order valence-corrected chi connectivity index (χ0v) is 9.69. The number of ether oxygens (including phenoxy) is 1. The standard InChI is InChI=1S/C11H13N5O2/c12-11-14-8-16(15-11)7-10(17)18-5-3-9-2-1-4-13-6-9/h1-2,4,6,8H,3,5,7H2,(H2,12,15). The molecule has 0 unspecified atom stereocenters. The van der Waals surface area contributed by atoms with Gasteiger partial charge in [0.1, 0.15) is 12.9 Å². The molecule has 0 fully saturated rings. The smallest absolute Gasteiger partial charge is 0.327 e. The quantitative estimate of drug-likeness (QED) is 0.749. The maximum Gasteiger partial charge on any atom is 0.327 e. The summed E-state index contributed by atoms with van der Waals surface area (Å²) in [5, 5.41) is 3.79. The second kappa shape index (κ2) is 5.76. The van der Waals surface area contributed by atoms with Crippen LogP contribution in [0, 0.1) is 0 Å². The summed E-state index contributed by atoms with van der Waals surface area (Å²) in [6, 6.07) is 3.77. The molecule has 0 amide bonds. The number of rotatable bonds is 5. The largest absolute Gasteiger partial charge is 0.464 e. The van der Waals surface area contributed by atoms with Crippen molar-refractivity contribution in [2.24, 2.45) is 0 Å². The third-order valence-corrected chi connectivity index (χ3v) is 2.22. The Morgan fingerprint density at radius 2 is 2.39 bits per heavy atom. The fourth-order valence-corrected chi connectivity index (χ4v) is 1.39. The first-order valence-corrected chi connectivity index (χ1v) is 5.43. The van der Waals surface area contributed by atoms with Crippen LogP contribution in [0.3, 0.4) is 0 Å². The number of hydrogen-bond donors (Lipinski definition) is 1. The molecule has 2 aromatic rings. The number of carbonyl (C=O) groups is 1. The van der Waals surface area contributed by atoms with E-state index in [0.717, 1.165) is 5.56 Å². The first-order valence-electron chi connectivity index (χ1n) is 5.43. The third kappa shape index (κ3) is 3.55. The van der Waals surface area contributed by atoms with E-state index in [-0.39, 0.29) is 18.5 Å². The molecule has 94 valence electrons. The zero-order valence-electron chi connectivity index (χ0n) is 9.69. The van der Waals surface area contributed by atoms with Crippen LogP contribution in [0.25, 0.3) is 0 Å². The summed E-state index contributed by atoms with van der Waals surface area (Å²) in [6.07, 6.45) is 5.47. The van der Waals surface area contributed by atoms with Crippen LogP contribution in [-0.4, -0.2) is 32.3 Å². The molecule has 7 nitrogen and oxygen atoms in total. The SMILES string of the molecule is Nc1ncn(CC(=O)OCCc2cccnc2)n1. The van der Waals surface area contributed by atoms with Crippen LogP contribution in [0.5, 0.6) is 0 Å². The number of carbonyl (C=O) groups excluding carboxylic acids is 1. The lowest BCUT2D eigenvalue weighted by atomic mass is 10.2. The van der Waals surface area contributed by atoms with Crippen LogP contribution in [0.2, 0.25) is 0 Å². The van der Waals surface area contributed by atoms with Gasteiger partial charge in [0.2, 0.25) is 5.95 Å². The van der Waals surface area contributed by atoms with E-state index in [9.17, 15) is 4.79 Å². The Labute approximate surface area is 104 Å². The molecular formula is C11H13N5O2. The van der Waals surface area contributed by atoms with E-state index >= 15 is 0 Å². The molecule has 0 aliphatic carbocycles. The van der Waals surface area contributed by atoms with Crippen molar-refractivity contribution in [1.29, 1.82) is 0 Å². The molecule has 0 aromatic carbocycles. The molecule has 0 saturated heterocycles. The highest BCUT2D eigenvalue weighted by Crippen LogP contribution is 1.98. The summed E-state index contributed by atoms with van der Waals surface area (Å²) in [7, 11) is 0. The molecule has 2 N–H and O–H groups in total. The van der Waals surface area contributed by atoms with E-state index in [2.05, 4.69) is 15.1 Å². The van der Waals surface area contributed by atoms with Gasteiger partial charge in [-0.1, -0.05) is 6.07 Å². The fraction of sp³-hybridized carbons (Fsp3) is 0.273. The molecule has 0 aliphatic rings. The monoisotopic (exact) mass is 247 g/mol. The number of hydrogen-bond acceptors (Lipinski definition) is 6. The van der Waals surface area contributed by atoms with Gasteiger partial charge in [0.25, 0.3) is 0 Å². The van der Waals surface area contributed by atoms with E-state index in [0.29, 0.717) is 13.0 Å². The van der Waals surface area contributed by atoms with E-state index in [1.807, 2.05) is 12.1 Å². The van der Waals surface area contributed by atoms with E-state index in [1.54, 1.807) is 12.4 Å². The normalized spacial score (nSPS) is 10.2. The molecule has 2 rings (SSSR count). The minimum absolute atomic E-state index is 0.0112. The zero-order chi connectivity index (χ0) is 12.8. The predicted molar refractivity (Wildman–Crippen MR) is 63.3 cm³/mol. The molecule has 0 saturated carbocycles. The maximum atomic E-state index is 11.4. The molecular weight excluding hydrogens is 234 g/mol. The van der Waals surface area contributed by atoms with Crippen molar-refractivity contribution in [3.05, 3.63) is 36.4 Å². The van der Waals surface area contributed by atoms with Gasteiger partial charge in [-0.25, -0.2) is 9.67 Å². The van der Waals surface area contributed by atoms with Crippen molar-refractivity contribution in [3.8, 4) is 0 Å². The van der Waals surface area contributed by atoms with Crippen molar-refractivity contribution in [1.82, 2.24) is 19.7 Å². The molecule has 2 aromatic heterocycles. The van der Waals surface area contributed by atoms with Gasteiger partial charge in [-0.05, 0) is 11.6 Å². The second-order valence-corrected chi connectivity index (χ2v) is 3.63. The summed E-state index contributed by atoms with van der Waals surface area (Å²) < 4.78 is 6.40. The number of nitrogen functional groups attached to an aromatic ring is 1. The fourth-order valence-electron chi connectivity index (χ4n) is 1.39. The minimum Gasteiger partial charge on any atom is -0.464 e. The molecule has 7 heteroatoms. The van der Waals surface area contributed by atoms with E-state index < -0.39 is 0 Å². The van der Waals surface area contributed by atoms with Crippen LogP contribution in [-0.2, 0) is 22.5 Å². The van der Waals surface area contributed by atoms with Crippen molar-refractivity contribution in [2.75, 3.05) is 12.3 Å².